The second-order valence-electron chi connectivity index (χ2n) is 7.34. The van der Waals surface area contributed by atoms with Gasteiger partial charge in [0.15, 0.2) is 12.4 Å². The van der Waals surface area contributed by atoms with E-state index in [1.165, 1.54) is 6.26 Å². The molecule has 5 rings (SSSR count). The third kappa shape index (κ3) is 3.94. The normalized spacial score (nSPS) is 11.3. The third-order valence-corrected chi connectivity index (χ3v) is 5.08. The fourth-order valence-corrected chi connectivity index (χ4v) is 3.57. The average Bonchev–Trinajstić information content (AvgIpc) is 3.56. The lowest BCUT2D eigenvalue weighted by atomic mass is 10.1. The van der Waals surface area contributed by atoms with Gasteiger partial charge in [0, 0.05) is 17.3 Å². The van der Waals surface area contributed by atoms with Gasteiger partial charge in [-0.05, 0) is 42.8 Å². The van der Waals surface area contributed by atoms with E-state index in [0.29, 0.717) is 23.9 Å². The van der Waals surface area contributed by atoms with Crippen LogP contribution in [0.3, 0.4) is 0 Å². The predicted octanol–water partition coefficient (Wildman–Crippen LogP) is 5.05. The number of amides is 1. The topological polar surface area (TPSA) is 94.7 Å². The maximum Gasteiger partial charge on any atom is 0.283 e. The Morgan fingerprint density at radius 1 is 1.00 bits per heavy atom. The molecule has 3 aromatic heterocycles. The molecule has 0 N–H and O–H groups in total. The van der Waals surface area contributed by atoms with Crippen molar-refractivity contribution in [1.29, 1.82) is 0 Å². The summed E-state index contributed by atoms with van der Waals surface area (Å²) < 4.78 is 22.6. The lowest BCUT2D eigenvalue weighted by Gasteiger charge is -2.20. The highest BCUT2D eigenvalue weighted by Crippen LogP contribution is 2.31. The number of furan rings is 2. The largest absolute Gasteiger partial charge is 0.484 e. The summed E-state index contributed by atoms with van der Waals surface area (Å²) in [5, 5.41) is 9.98. The summed E-state index contributed by atoms with van der Waals surface area (Å²) in [5.74, 6) is 1.55. The fraction of sp³-hybridized carbons (Fsp3) is 0.208. The summed E-state index contributed by atoms with van der Waals surface area (Å²) in [4.78, 5) is 14.5. The number of hydrogen-bond donors (Lipinski definition) is 0. The van der Waals surface area contributed by atoms with Gasteiger partial charge in [-0.2, -0.15) is 0 Å². The smallest absolute Gasteiger partial charge is 0.283 e. The number of rotatable bonds is 8. The molecular weight excluding hydrogens is 410 g/mol. The van der Waals surface area contributed by atoms with Gasteiger partial charge in [-0.1, -0.05) is 25.1 Å². The van der Waals surface area contributed by atoms with Gasteiger partial charge in [0.05, 0.1) is 12.8 Å². The van der Waals surface area contributed by atoms with Crippen LogP contribution in [-0.2, 0) is 11.3 Å². The number of carbonyl (C=O) groups excluding carboxylic acids is 1. The molecule has 1 amide bonds. The molecule has 0 aliphatic carbocycles. The van der Waals surface area contributed by atoms with Crippen LogP contribution < -0.4 is 4.74 Å². The maximum absolute atomic E-state index is 12.8. The Bertz CT molecular complexity index is 1350. The highest BCUT2D eigenvalue weighted by Gasteiger charge is 2.19. The van der Waals surface area contributed by atoms with Crippen LogP contribution in [0.5, 0.6) is 5.75 Å². The molecular formula is C24H21N3O5. The number of para-hydroxylation sites is 1. The number of ether oxygens (including phenoxy) is 1. The summed E-state index contributed by atoms with van der Waals surface area (Å²) >= 11 is 0. The van der Waals surface area contributed by atoms with Crippen molar-refractivity contribution in [2.45, 2.75) is 19.9 Å². The molecule has 8 heteroatoms. The van der Waals surface area contributed by atoms with E-state index >= 15 is 0 Å². The van der Waals surface area contributed by atoms with Crippen LogP contribution >= 0.6 is 0 Å². The molecule has 2 aromatic carbocycles. The molecule has 0 unspecified atom stereocenters. The van der Waals surface area contributed by atoms with Gasteiger partial charge >= 0.3 is 0 Å². The van der Waals surface area contributed by atoms with Crippen molar-refractivity contribution in [3.05, 3.63) is 66.8 Å². The Balaban J connectivity index is 1.27. The zero-order chi connectivity index (χ0) is 21.9. The molecule has 0 fully saturated rings. The molecule has 0 aliphatic heterocycles. The van der Waals surface area contributed by atoms with E-state index in [4.69, 9.17) is 18.0 Å². The Morgan fingerprint density at radius 3 is 2.72 bits per heavy atom. The minimum absolute atomic E-state index is 0.0968. The number of benzene rings is 2. The fourth-order valence-electron chi connectivity index (χ4n) is 3.57. The van der Waals surface area contributed by atoms with Crippen LogP contribution in [-0.4, -0.2) is 34.2 Å². The molecule has 0 saturated carbocycles. The van der Waals surface area contributed by atoms with Crippen molar-refractivity contribution in [2.75, 3.05) is 13.2 Å². The van der Waals surface area contributed by atoms with E-state index in [9.17, 15) is 4.79 Å². The SMILES string of the molecule is CCCN(Cc1nnc(-c2ccco2)o1)C(=O)COc1ccc2oc3ccccc3c2c1. The van der Waals surface area contributed by atoms with Crippen molar-refractivity contribution in [3.8, 4) is 17.4 Å². The zero-order valence-corrected chi connectivity index (χ0v) is 17.5. The zero-order valence-electron chi connectivity index (χ0n) is 17.5. The molecule has 0 radical (unpaired) electrons. The van der Waals surface area contributed by atoms with Gasteiger partial charge in [0.25, 0.3) is 11.8 Å². The van der Waals surface area contributed by atoms with E-state index in [-0.39, 0.29) is 24.9 Å². The number of hydrogen-bond acceptors (Lipinski definition) is 7. The van der Waals surface area contributed by atoms with Crippen LogP contribution in [0.2, 0.25) is 0 Å². The highest BCUT2D eigenvalue weighted by molar-refractivity contribution is 6.05. The molecule has 0 aliphatic rings. The van der Waals surface area contributed by atoms with Crippen molar-refractivity contribution in [1.82, 2.24) is 15.1 Å². The van der Waals surface area contributed by atoms with E-state index in [1.54, 1.807) is 23.1 Å². The second-order valence-corrected chi connectivity index (χ2v) is 7.34. The van der Waals surface area contributed by atoms with E-state index in [1.807, 2.05) is 43.3 Å². The van der Waals surface area contributed by atoms with Gasteiger partial charge in [0.2, 0.25) is 5.89 Å². The lowest BCUT2D eigenvalue weighted by molar-refractivity contribution is -0.134. The van der Waals surface area contributed by atoms with Crippen molar-refractivity contribution in [2.24, 2.45) is 0 Å². The highest BCUT2D eigenvalue weighted by atomic mass is 16.5. The first-order valence-corrected chi connectivity index (χ1v) is 10.4. The molecule has 0 saturated heterocycles. The van der Waals surface area contributed by atoms with Gasteiger partial charge in [-0.15, -0.1) is 10.2 Å². The Labute approximate surface area is 183 Å². The van der Waals surface area contributed by atoms with Crippen LogP contribution in [0.4, 0.5) is 0 Å². The van der Waals surface area contributed by atoms with Crippen LogP contribution in [0.1, 0.15) is 19.2 Å². The average molecular weight is 431 g/mol. The number of carbonyl (C=O) groups is 1. The Kier molecular flexibility index (Phi) is 5.33. The summed E-state index contributed by atoms with van der Waals surface area (Å²) in [6.07, 6.45) is 2.32. The van der Waals surface area contributed by atoms with Crippen LogP contribution in [0.15, 0.2) is 74.1 Å². The lowest BCUT2D eigenvalue weighted by Crippen LogP contribution is -2.35. The summed E-state index contributed by atoms with van der Waals surface area (Å²) in [5.41, 5.74) is 1.60. The first-order chi connectivity index (χ1) is 15.7. The van der Waals surface area contributed by atoms with Gasteiger partial charge in [-0.3, -0.25) is 4.79 Å². The van der Waals surface area contributed by atoms with Gasteiger partial charge in [0.1, 0.15) is 16.9 Å². The van der Waals surface area contributed by atoms with Crippen molar-refractivity contribution >= 4 is 27.8 Å². The predicted molar refractivity (Wildman–Crippen MR) is 117 cm³/mol. The Hall–Kier alpha value is -4.07. The van der Waals surface area contributed by atoms with E-state index < -0.39 is 0 Å². The maximum atomic E-state index is 12.8. The Morgan fingerprint density at radius 2 is 1.88 bits per heavy atom. The molecule has 3 heterocycles. The first-order valence-electron chi connectivity index (χ1n) is 10.4. The summed E-state index contributed by atoms with van der Waals surface area (Å²) in [6, 6.07) is 16.9. The molecule has 0 spiro atoms. The molecule has 162 valence electrons. The van der Waals surface area contributed by atoms with Gasteiger partial charge in [-0.25, -0.2) is 0 Å². The second kappa shape index (κ2) is 8.58. The number of fused-ring (bicyclic) bond motifs is 3. The monoisotopic (exact) mass is 431 g/mol. The number of aromatic nitrogens is 2. The van der Waals surface area contributed by atoms with Crippen molar-refractivity contribution in [3.63, 3.8) is 0 Å². The quantitative estimate of drug-likeness (QED) is 0.339. The number of nitrogens with zero attached hydrogens (tertiary/aromatic N) is 3. The molecule has 0 bridgehead atoms. The minimum atomic E-state index is -0.165. The summed E-state index contributed by atoms with van der Waals surface area (Å²) in [6.45, 7) is 2.66. The van der Waals surface area contributed by atoms with E-state index in [0.717, 1.165) is 28.4 Å². The molecule has 8 nitrogen and oxygen atoms in total. The minimum Gasteiger partial charge on any atom is -0.484 e. The molecule has 32 heavy (non-hydrogen) atoms. The standard InChI is InChI=1S/C24H21N3O5/c1-2-11-27(14-22-25-26-24(32-22)21-8-5-12-29-21)23(28)15-30-16-9-10-20-18(13-16)17-6-3-4-7-19(17)31-20/h3-10,12-13H,2,11,14-15H2,1H3. The molecule has 0 atom stereocenters. The van der Waals surface area contributed by atoms with Crippen LogP contribution in [0.25, 0.3) is 33.6 Å². The summed E-state index contributed by atoms with van der Waals surface area (Å²) in [7, 11) is 0. The van der Waals surface area contributed by atoms with Crippen molar-refractivity contribution < 1.29 is 22.8 Å². The molecule has 5 aromatic rings. The van der Waals surface area contributed by atoms with Gasteiger partial charge < -0.3 is 22.9 Å². The third-order valence-electron chi connectivity index (χ3n) is 5.08. The van der Waals surface area contributed by atoms with Crippen LogP contribution in [0, 0.1) is 0 Å². The van der Waals surface area contributed by atoms with E-state index in [2.05, 4.69) is 10.2 Å². The first kappa shape index (κ1) is 19.9.